The molecule has 0 radical (unpaired) electrons. The SMILES string of the molecule is COc1cc(F)c(C(O)c2ccc(F)cc2C)cc1OC. The van der Waals surface area contributed by atoms with Gasteiger partial charge >= 0.3 is 0 Å². The maximum Gasteiger partial charge on any atom is 0.163 e. The monoisotopic (exact) mass is 294 g/mol. The van der Waals surface area contributed by atoms with Crippen LogP contribution in [-0.4, -0.2) is 19.3 Å². The Morgan fingerprint density at radius 3 is 2.14 bits per heavy atom. The van der Waals surface area contributed by atoms with Crippen LogP contribution in [0, 0.1) is 18.6 Å². The van der Waals surface area contributed by atoms with Crippen molar-refractivity contribution in [3.05, 3.63) is 58.7 Å². The number of hydrogen-bond donors (Lipinski definition) is 1. The Bertz CT molecular complexity index is 656. The van der Waals surface area contributed by atoms with Crippen molar-refractivity contribution in [1.29, 1.82) is 0 Å². The third-order valence-electron chi connectivity index (χ3n) is 3.32. The highest BCUT2D eigenvalue weighted by Gasteiger charge is 2.20. The van der Waals surface area contributed by atoms with E-state index in [2.05, 4.69) is 0 Å². The van der Waals surface area contributed by atoms with Crippen LogP contribution >= 0.6 is 0 Å². The number of aliphatic hydroxyl groups excluding tert-OH is 1. The molecule has 2 aromatic rings. The average molecular weight is 294 g/mol. The van der Waals surface area contributed by atoms with Crippen LogP contribution in [0.4, 0.5) is 8.78 Å². The standard InChI is InChI=1S/C16H16F2O3/c1-9-6-10(17)4-5-11(9)16(19)12-7-14(20-2)15(21-3)8-13(12)18/h4-8,16,19H,1-3H3. The van der Waals surface area contributed by atoms with Gasteiger partial charge in [0.2, 0.25) is 0 Å². The third kappa shape index (κ3) is 2.97. The van der Waals surface area contributed by atoms with Gasteiger partial charge in [-0.2, -0.15) is 0 Å². The molecule has 1 N–H and O–H groups in total. The van der Waals surface area contributed by atoms with Gasteiger partial charge in [0, 0.05) is 11.6 Å². The molecule has 0 saturated heterocycles. The molecule has 0 aromatic heterocycles. The van der Waals surface area contributed by atoms with Crippen LogP contribution in [0.3, 0.4) is 0 Å². The van der Waals surface area contributed by atoms with Crippen molar-refractivity contribution >= 4 is 0 Å². The maximum atomic E-state index is 14.1. The molecule has 112 valence electrons. The molecule has 0 heterocycles. The first-order valence-corrected chi connectivity index (χ1v) is 6.33. The van der Waals surface area contributed by atoms with E-state index in [0.29, 0.717) is 16.9 Å². The topological polar surface area (TPSA) is 38.7 Å². The Kier molecular flexibility index (Phi) is 4.43. The molecule has 0 aliphatic carbocycles. The zero-order chi connectivity index (χ0) is 15.6. The molecule has 3 nitrogen and oxygen atoms in total. The molecule has 2 aromatic carbocycles. The lowest BCUT2D eigenvalue weighted by molar-refractivity contribution is 0.213. The van der Waals surface area contributed by atoms with E-state index in [0.717, 1.165) is 6.07 Å². The van der Waals surface area contributed by atoms with Crippen LogP contribution in [0.15, 0.2) is 30.3 Å². The molecule has 0 fully saturated rings. The summed E-state index contributed by atoms with van der Waals surface area (Å²) in [5.74, 6) is -0.477. The highest BCUT2D eigenvalue weighted by atomic mass is 19.1. The largest absolute Gasteiger partial charge is 0.493 e. The van der Waals surface area contributed by atoms with E-state index in [-0.39, 0.29) is 11.3 Å². The first kappa shape index (κ1) is 15.3. The van der Waals surface area contributed by atoms with Gasteiger partial charge in [0.25, 0.3) is 0 Å². The smallest absolute Gasteiger partial charge is 0.163 e. The predicted molar refractivity (Wildman–Crippen MR) is 74.7 cm³/mol. The van der Waals surface area contributed by atoms with Crippen molar-refractivity contribution in [2.75, 3.05) is 14.2 Å². The summed E-state index contributed by atoms with van der Waals surface area (Å²) in [4.78, 5) is 0. The average Bonchev–Trinajstić information content (AvgIpc) is 2.46. The van der Waals surface area contributed by atoms with Gasteiger partial charge in [-0.05, 0) is 36.2 Å². The lowest BCUT2D eigenvalue weighted by Gasteiger charge is -2.17. The highest BCUT2D eigenvalue weighted by molar-refractivity contribution is 5.47. The molecule has 0 saturated carbocycles. The first-order chi connectivity index (χ1) is 9.97. The second kappa shape index (κ2) is 6.10. The number of ether oxygens (including phenoxy) is 2. The Balaban J connectivity index is 2.50. The molecule has 1 atom stereocenters. The number of rotatable bonds is 4. The van der Waals surface area contributed by atoms with Gasteiger partial charge in [-0.25, -0.2) is 8.78 Å². The number of methoxy groups -OCH3 is 2. The van der Waals surface area contributed by atoms with Crippen molar-refractivity contribution in [3.63, 3.8) is 0 Å². The number of hydrogen-bond acceptors (Lipinski definition) is 3. The fourth-order valence-corrected chi connectivity index (χ4v) is 2.19. The molecular weight excluding hydrogens is 278 g/mol. The van der Waals surface area contributed by atoms with Crippen LogP contribution < -0.4 is 9.47 Å². The lowest BCUT2D eigenvalue weighted by Crippen LogP contribution is -2.06. The molecular formula is C16H16F2O3. The number of aryl methyl sites for hydroxylation is 1. The van der Waals surface area contributed by atoms with E-state index >= 15 is 0 Å². The zero-order valence-electron chi connectivity index (χ0n) is 12.0. The molecule has 0 aliphatic rings. The van der Waals surface area contributed by atoms with E-state index in [1.807, 2.05) is 0 Å². The molecule has 0 bridgehead atoms. The predicted octanol–water partition coefficient (Wildman–Crippen LogP) is 3.37. The minimum Gasteiger partial charge on any atom is -0.493 e. The van der Waals surface area contributed by atoms with E-state index in [4.69, 9.17) is 9.47 Å². The molecule has 0 amide bonds. The summed E-state index contributed by atoms with van der Waals surface area (Å²) in [6.45, 7) is 1.65. The Morgan fingerprint density at radius 1 is 0.952 bits per heavy atom. The van der Waals surface area contributed by atoms with Gasteiger partial charge in [0.05, 0.1) is 14.2 Å². The quantitative estimate of drug-likeness (QED) is 0.939. The number of halogens is 2. The Labute approximate surface area is 121 Å². The minimum atomic E-state index is -1.22. The van der Waals surface area contributed by atoms with Crippen molar-refractivity contribution < 1.29 is 23.4 Å². The van der Waals surface area contributed by atoms with Gasteiger partial charge in [-0.1, -0.05) is 6.07 Å². The molecule has 21 heavy (non-hydrogen) atoms. The molecule has 2 rings (SSSR count). The van der Waals surface area contributed by atoms with Gasteiger partial charge in [-0.15, -0.1) is 0 Å². The summed E-state index contributed by atoms with van der Waals surface area (Å²) in [5, 5.41) is 10.4. The third-order valence-corrected chi connectivity index (χ3v) is 3.32. The summed E-state index contributed by atoms with van der Waals surface area (Å²) in [5.41, 5.74) is 1.02. The minimum absolute atomic E-state index is 0.0439. The second-order valence-electron chi connectivity index (χ2n) is 4.63. The van der Waals surface area contributed by atoms with Crippen molar-refractivity contribution in [1.82, 2.24) is 0 Å². The molecule has 5 heteroatoms. The Hall–Kier alpha value is -2.14. The normalized spacial score (nSPS) is 12.1. The zero-order valence-corrected chi connectivity index (χ0v) is 12.0. The lowest BCUT2D eigenvalue weighted by atomic mass is 9.96. The van der Waals surface area contributed by atoms with Crippen LogP contribution in [0.2, 0.25) is 0 Å². The van der Waals surface area contributed by atoms with E-state index in [9.17, 15) is 13.9 Å². The summed E-state index contributed by atoms with van der Waals surface area (Å²) in [6, 6.07) is 6.48. The van der Waals surface area contributed by atoms with E-state index in [1.165, 1.54) is 38.5 Å². The van der Waals surface area contributed by atoms with Gasteiger partial charge in [-0.3, -0.25) is 0 Å². The Morgan fingerprint density at radius 2 is 1.57 bits per heavy atom. The molecule has 1 unspecified atom stereocenters. The summed E-state index contributed by atoms with van der Waals surface area (Å²) < 4.78 is 37.4. The van der Waals surface area contributed by atoms with Crippen molar-refractivity contribution in [3.8, 4) is 11.5 Å². The summed E-state index contributed by atoms with van der Waals surface area (Å²) >= 11 is 0. The van der Waals surface area contributed by atoms with Crippen LogP contribution in [-0.2, 0) is 0 Å². The second-order valence-corrected chi connectivity index (χ2v) is 4.63. The van der Waals surface area contributed by atoms with E-state index < -0.39 is 17.7 Å². The molecule has 0 aliphatic heterocycles. The van der Waals surface area contributed by atoms with Crippen LogP contribution in [0.1, 0.15) is 22.8 Å². The van der Waals surface area contributed by atoms with Gasteiger partial charge in [0.15, 0.2) is 11.5 Å². The number of benzene rings is 2. The summed E-state index contributed by atoms with van der Waals surface area (Å²) in [7, 11) is 2.83. The van der Waals surface area contributed by atoms with Gasteiger partial charge in [0.1, 0.15) is 17.7 Å². The van der Waals surface area contributed by atoms with Crippen LogP contribution in [0.5, 0.6) is 11.5 Å². The van der Waals surface area contributed by atoms with Crippen molar-refractivity contribution in [2.24, 2.45) is 0 Å². The van der Waals surface area contributed by atoms with Crippen molar-refractivity contribution in [2.45, 2.75) is 13.0 Å². The highest BCUT2D eigenvalue weighted by Crippen LogP contribution is 2.35. The fourth-order valence-electron chi connectivity index (χ4n) is 2.19. The molecule has 0 spiro atoms. The van der Waals surface area contributed by atoms with Gasteiger partial charge < -0.3 is 14.6 Å². The van der Waals surface area contributed by atoms with Crippen LogP contribution in [0.25, 0.3) is 0 Å². The number of aliphatic hydroxyl groups is 1. The summed E-state index contributed by atoms with van der Waals surface area (Å²) in [6.07, 6.45) is -1.22. The fraction of sp³-hybridized carbons (Fsp3) is 0.250. The first-order valence-electron chi connectivity index (χ1n) is 6.33. The van der Waals surface area contributed by atoms with E-state index in [1.54, 1.807) is 6.92 Å². The maximum absolute atomic E-state index is 14.1.